The van der Waals surface area contributed by atoms with Gasteiger partial charge >= 0.3 is 0 Å². The van der Waals surface area contributed by atoms with Crippen LogP contribution in [0.1, 0.15) is 34.1 Å². The van der Waals surface area contributed by atoms with E-state index in [1.54, 1.807) is 0 Å². The van der Waals surface area contributed by atoms with E-state index >= 15 is 0 Å². The van der Waals surface area contributed by atoms with Crippen molar-refractivity contribution in [3.8, 4) is 0 Å². The Morgan fingerprint density at radius 2 is 1.83 bits per heavy atom. The lowest BCUT2D eigenvalue weighted by molar-refractivity contribution is -0.127. The van der Waals surface area contributed by atoms with Crippen molar-refractivity contribution in [3.05, 3.63) is 0 Å². The van der Waals surface area contributed by atoms with Crippen LogP contribution >= 0.6 is 0 Å². The van der Waals surface area contributed by atoms with Crippen LogP contribution in [0.15, 0.2) is 0 Å². The quantitative estimate of drug-likeness (QED) is 0.605. The summed E-state index contributed by atoms with van der Waals surface area (Å²) >= 11 is 0. The molecule has 18 heavy (non-hydrogen) atoms. The molecule has 0 saturated carbocycles. The lowest BCUT2D eigenvalue weighted by Gasteiger charge is -2.28. The molecule has 0 bridgehead atoms. The lowest BCUT2D eigenvalue weighted by Crippen LogP contribution is -2.43. The molecular weight excluding hydrogens is 232 g/mol. The zero-order chi connectivity index (χ0) is 14.0. The number of carbonyl (C=O) groups is 1. The molecule has 0 rings (SSSR count). The highest BCUT2D eigenvalue weighted by Crippen LogP contribution is 2.18. The van der Waals surface area contributed by atoms with Gasteiger partial charge in [-0.15, -0.1) is 0 Å². The van der Waals surface area contributed by atoms with Gasteiger partial charge in [-0.05, 0) is 18.8 Å². The van der Waals surface area contributed by atoms with Crippen molar-refractivity contribution < 1.29 is 14.3 Å². The highest BCUT2D eigenvalue weighted by atomic mass is 16.5. The molecule has 3 N–H and O–H groups in total. The molecule has 1 atom stereocenters. The van der Waals surface area contributed by atoms with Crippen molar-refractivity contribution in [2.24, 2.45) is 11.1 Å². The van der Waals surface area contributed by atoms with Gasteiger partial charge in [0.1, 0.15) is 6.61 Å². The average Bonchev–Trinajstić information content (AvgIpc) is 2.26. The van der Waals surface area contributed by atoms with Crippen LogP contribution in [0.25, 0.3) is 0 Å². The number of hydrogen-bond acceptors (Lipinski definition) is 4. The van der Waals surface area contributed by atoms with Crippen LogP contribution in [0.3, 0.4) is 0 Å². The Morgan fingerprint density at radius 1 is 1.22 bits per heavy atom. The third-order valence-electron chi connectivity index (χ3n) is 2.75. The van der Waals surface area contributed by atoms with Crippen LogP contribution in [0.5, 0.6) is 0 Å². The largest absolute Gasteiger partial charge is 0.380 e. The van der Waals surface area contributed by atoms with E-state index in [0.29, 0.717) is 26.4 Å². The summed E-state index contributed by atoms with van der Waals surface area (Å²) in [6.07, 6.45) is 0.780. The number of rotatable bonds is 9. The Morgan fingerprint density at radius 3 is 2.39 bits per heavy atom. The van der Waals surface area contributed by atoms with Crippen LogP contribution in [0.4, 0.5) is 0 Å². The summed E-state index contributed by atoms with van der Waals surface area (Å²) in [5.74, 6) is -0.0692. The van der Waals surface area contributed by atoms with E-state index in [-0.39, 0.29) is 24.0 Å². The van der Waals surface area contributed by atoms with Gasteiger partial charge in [-0.2, -0.15) is 0 Å². The van der Waals surface area contributed by atoms with Crippen molar-refractivity contribution in [1.29, 1.82) is 0 Å². The van der Waals surface area contributed by atoms with E-state index in [1.165, 1.54) is 0 Å². The Kier molecular flexibility index (Phi) is 8.97. The molecule has 0 spiro atoms. The third kappa shape index (κ3) is 9.39. The van der Waals surface area contributed by atoms with Gasteiger partial charge in [-0.3, -0.25) is 4.79 Å². The Balaban J connectivity index is 3.48. The zero-order valence-electron chi connectivity index (χ0n) is 12.1. The second-order valence-electron chi connectivity index (χ2n) is 5.46. The summed E-state index contributed by atoms with van der Waals surface area (Å²) in [5.41, 5.74) is 5.34. The first kappa shape index (κ1) is 17.4. The predicted octanol–water partition coefficient (Wildman–Crippen LogP) is 0.919. The van der Waals surface area contributed by atoms with Gasteiger partial charge < -0.3 is 20.5 Å². The topological polar surface area (TPSA) is 73.6 Å². The molecule has 5 heteroatoms. The minimum Gasteiger partial charge on any atom is -0.380 e. The van der Waals surface area contributed by atoms with Crippen molar-refractivity contribution in [1.82, 2.24) is 5.32 Å². The predicted molar refractivity (Wildman–Crippen MR) is 72.4 cm³/mol. The Bertz CT molecular complexity index is 227. The molecule has 5 nitrogen and oxygen atoms in total. The fraction of sp³-hybridized carbons (Fsp3) is 0.923. The minimum atomic E-state index is -0.0692. The van der Waals surface area contributed by atoms with E-state index in [9.17, 15) is 4.79 Å². The van der Waals surface area contributed by atoms with Crippen molar-refractivity contribution in [2.45, 2.75) is 40.2 Å². The van der Waals surface area contributed by atoms with Crippen molar-refractivity contribution in [3.63, 3.8) is 0 Å². The maximum atomic E-state index is 11.6. The van der Waals surface area contributed by atoms with E-state index in [0.717, 1.165) is 6.42 Å². The lowest BCUT2D eigenvalue weighted by atomic mass is 9.88. The highest BCUT2D eigenvalue weighted by molar-refractivity contribution is 5.77. The SMILES string of the molecule is CC(NC(=O)COCCCOCCN)C(C)(C)C. The Hall–Kier alpha value is -0.650. The van der Waals surface area contributed by atoms with Crippen LogP contribution in [0, 0.1) is 5.41 Å². The summed E-state index contributed by atoms with van der Waals surface area (Å²) in [6, 6.07) is 0.126. The number of nitrogens with two attached hydrogens (primary N) is 1. The van der Waals surface area contributed by atoms with Gasteiger partial charge in [0.15, 0.2) is 0 Å². The molecule has 0 saturated heterocycles. The molecule has 1 unspecified atom stereocenters. The molecule has 0 aliphatic carbocycles. The third-order valence-corrected chi connectivity index (χ3v) is 2.75. The van der Waals surface area contributed by atoms with Crippen LogP contribution < -0.4 is 11.1 Å². The van der Waals surface area contributed by atoms with Gasteiger partial charge in [0.05, 0.1) is 6.61 Å². The highest BCUT2D eigenvalue weighted by Gasteiger charge is 2.21. The molecule has 0 aliphatic rings. The molecule has 0 aromatic carbocycles. The summed E-state index contributed by atoms with van der Waals surface area (Å²) in [4.78, 5) is 11.6. The zero-order valence-corrected chi connectivity index (χ0v) is 12.1. The van der Waals surface area contributed by atoms with Crippen molar-refractivity contribution in [2.75, 3.05) is 33.0 Å². The molecule has 0 aromatic heterocycles. The molecule has 0 fully saturated rings. The maximum Gasteiger partial charge on any atom is 0.246 e. The fourth-order valence-electron chi connectivity index (χ4n) is 1.11. The summed E-state index contributed by atoms with van der Waals surface area (Å²) < 4.78 is 10.5. The van der Waals surface area contributed by atoms with E-state index in [1.807, 2.05) is 6.92 Å². The van der Waals surface area contributed by atoms with Crippen molar-refractivity contribution >= 4 is 5.91 Å². The Labute approximate surface area is 110 Å². The van der Waals surface area contributed by atoms with Crippen LogP contribution in [-0.2, 0) is 14.3 Å². The van der Waals surface area contributed by atoms with E-state index in [2.05, 4.69) is 26.1 Å². The molecule has 0 aliphatic heterocycles. The molecule has 0 radical (unpaired) electrons. The van der Waals surface area contributed by atoms with E-state index in [4.69, 9.17) is 15.2 Å². The minimum absolute atomic E-state index is 0.0612. The number of hydrogen-bond donors (Lipinski definition) is 2. The summed E-state index contributed by atoms with van der Waals surface area (Å²) in [5, 5.41) is 2.92. The number of carbonyl (C=O) groups excluding carboxylic acids is 1. The van der Waals surface area contributed by atoms with E-state index < -0.39 is 0 Å². The maximum absolute atomic E-state index is 11.6. The molecule has 108 valence electrons. The standard InChI is InChI=1S/C13H28N2O3/c1-11(13(2,3)4)15-12(16)10-18-8-5-7-17-9-6-14/h11H,5-10,14H2,1-4H3,(H,15,16). The first-order valence-corrected chi connectivity index (χ1v) is 6.53. The smallest absolute Gasteiger partial charge is 0.246 e. The number of amides is 1. The molecule has 0 aromatic rings. The number of ether oxygens (including phenoxy) is 2. The second-order valence-corrected chi connectivity index (χ2v) is 5.46. The van der Waals surface area contributed by atoms with Crippen LogP contribution in [-0.4, -0.2) is 44.9 Å². The first-order valence-electron chi connectivity index (χ1n) is 6.53. The monoisotopic (exact) mass is 260 g/mol. The van der Waals surface area contributed by atoms with Gasteiger partial charge in [0, 0.05) is 25.8 Å². The van der Waals surface area contributed by atoms with Gasteiger partial charge in [-0.1, -0.05) is 20.8 Å². The first-order chi connectivity index (χ1) is 8.38. The summed E-state index contributed by atoms with van der Waals surface area (Å²) in [7, 11) is 0. The average molecular weight is 260 g/mol. The van der Waals surface area contributed by atoms with Crippen LogP contribution in [0.2, 0.25) is 0 Å². The molecular formula is C13H28N2O3. The summed E-state index contributed by atoms with van der Waals surface area (Å²) in [6.45, 7) is 10.6. The number of nitrogens with one attached hydrogen (secondary N) is 1. The second kappa shape index (κ2) is 9.30. The van der Waals surface area contributed by atoms with Gasteiger partial charge in [0.2, 0.25) is 5.91 Å². The molecule has 1 amide bonds. The van der Waals surface area contributed by atoms with Gasteiger partial charge in [0.25, 0.3) is 0 Å². The normalized spacial score (nSPS) is 13.4. The van der Waals surface area contributed by atoms with Gasteiger partial charge in [-0.25, -0.2) is 0 Å². The fourth-order valence-corrected chi connectivity index (χ4v) is 1.11. The molecule has 0 heterocycles.